The molecule has 710 valence electrons. The number of fused-ring (bicyclic) bond motifs is 4. The summed E-state index contributed by atoms with van der Waals surface area (Å²) in [6.07, 6.45) is 10.5. The van der Waals surface area contributed by atoms with Crippen LogP contribution in [0.5, 0.6) is 5.75 Å². The zero-order chi connectivity index (χ0) is 96.8. The average molecular weight is 1980 g/mol. The Morgan fingerprint density at radius 1 is 0.378 bits per heavy atom. The molecule has 3 saturated heterocycles. The molecule has 6 aliphatic rings. The minimum Gasteiger partial charge on any atom is -0.495 e. The van der Waals surface area contributed by atoms with Crippen molar-refractivity contribution >= 4 is 172 Å². The molecule has 4 aromatic heterocycles. The average Bonchev–Trinajstić information content (AvgIpc) is 1.71. The van der Waals surface area contributed by atoms with Gasteiger partial charge in [-0.05, 0) is 193 Å². The number of aryl methyl sites for hydroxylation is 5. The molecule has 5 atom stereocenters. The molecule has 12 aromatic rings. The summed E-state index contributed by atoms with van der Waals surface area (Å²) in [6.45, 7) is 12.2. The van der Waals surface area contributed by atoms with Gasteiger partial charge >= 0.3 is 23.9 Å². The zero-order valence-electron chi connectivity index (χ0n) is 76.6. The van der Waals surface area contributed by atoms with Crippen molar-refractivity contribution in [3.63, 3.8) is 0 Å². The van der Waals surface area contributed by atoms with E-state index in [-0.39, 0.29) is 47.3 Å². The molecule has 7 heterocycles. The number of halogens is 7. The number of hydrogen-bond acceptors (Lipinski definition) is 12. The summed E-state index contributed by atoms with van der Waals surface area (Å²) < 4.78 is 29.2. The minimum absolute atomic E-state index is 0.164. The van der Waals surface area contributed by atoms with E-state index >= 15 is 0 Å². The Hall–Kier alpha value is -10.6. The Kier molecular flexibility index (Phi) is 29.7. The van der Waals surface area contributed by atoms with Gasteiger partial charge in [0.15, 0.2) is 0 Å². The monoisotopic (exact) mass is 1970 g/mol. The molecular weight excluding hydrogens is 1870 g/mol. The number of carboxylic acid groups (broad SMARTS) is 4. The van der Waals surface area contributed by atoms with Crippen molar-refractivity contribution in [1.82, 2.24) is 39.5 Å². The number of hydrogen-bond donors (Lipinski definition) is 8. The van der Waals surface area contributed by atoms with Gasteiger partial charge in [-0.2, -0.15) is 0 Å². The minimum atomic E-state index is -0.840. The molecule has 3 saturated carbocycles. The summed E-state index contributed by atoms with van der Waals surface area (Å²) in [6, 6.07) is 50.2. The van der Waals surface area contributed by atoms with E-state index in [0.717, 1.165) is 141 Å². The number of methoxy groups -OCH3 is 1. The van der Waals surface area contributed by atoms with Crippen LogP contribution in [0.15, 0.2) is 164 Å². The third-order valence-corrected chi connectivity index (χ3v) is 31.1. The van der Waals surface area contributed by atoms with E-state index in [0.29, 0.717) is 133 Å². The van der Waals surface area contributed by atoms with E-state index in [1.165, 1.54) is 7.11 Å². The summed E-state index contributed by atoms with van der Waals surface area (Å²) in [5, 5.41) is 57.5. The number of aliphatic carboxylic acids is 4. The van der Waals surface area contributed by atoms with Gasteiger partial charge in [0, 0.05) is 85.4 Å². The van der Waals surface area contributed by atoms with E-state index in [9.17, 15) is 58.8 Å². The van der Waals surface area contributed by atoms with Crippen LogP contribution in [0.2, 0.25) is 35.2 Å². The first kappa shape index (κ1) is 98.9. The first-order valence-corrected chi connectivity index (χ1v) is 48.0. The van der Waals surface area contributed by atoms with Gasteiger partial charge < -0.3 is 78.9 Å². The summed E-state index contributed by atoms with van der Waals surface area (Å²) in [5.41, 5.74) is 10.5. The molecule has 4 amide bonds. The van der Waals surface area contributed by atoms with Crippen molar-refractivity contribution in [2.75, 3.05) is 46.8 Å². The van der Waals surface area contributed by atoms with E-state index in [2.05, 4.69) is 21.3 Å². The molecule has 5 unspecified atom stereocenters. The molecular formula is C104H109Cl7N8O16. The van der Waals surface area contributed by atoms with Crippen LogP contribution < -0.4 is 26.0 Å². The van der Waals surface area contributed by atoms with Crippen LogP contribution in [0.3, 0.4) is 0 Å². The van der Waals surface area contributed by atoms with Crippen LogP contribution in [0.25, 0.3) is 43.6 Å². The van der Waals surface area contributed by atoms with Crippen molar-refractivity contribution in [2.24, 2.45) is 51.9 Å². The Labute approximate surface area is 817 Å². The molecule has 18 rings (SSSR count). The third kappa shape index (κ3) is 19.8. The highest BCUT2D eigenvalue weighted by atomic mass is 35.5. The number of benzene rings is 8. The number of ether oxygens (including phenoxy) is 4. The molecule has 0 radical (unpaired) electrons. The smallest absolute Gasteiger partial charge is 0.311 e. The number of aromatic nitrogens is 4. The second kappa shape index (κ2) is 40.6. The van der Waals surface area contributed by atoms with E-state index in [1.54, 1.807) is 59.6 Å². The highest BCUT2D eigenvalue weighted by Crippen LogP contribution is 2.48. The van der Waals surface area contributed by atoms with E-state index < -0.39 is 69.7 Å². The summed E-state index contributed by atoms with van der Waals surface area (Å²) >= 11 is 44.2. The highest BCUT2D eigenvalue weighted by molar-refractivity contribution is 6.47. The van der Waals surface area contributed by atoms with Gasteiger partial charge in [-0.25, -0.2) is 0 Å². The van der Waals surface area contributed by atoms with E-state index in [4.69, 9.17) is 100 Å². The normalized spacial score (nSPS) is 17.8. The van der Waals surface area contributed by atoms with Gasteiger partial charge in [0.05, 0.1) is 111 Å². The fourth-order valence-electron chi connectivity index (χ4n) is 19.5. The Morgan fingerprint density at radius 2 is 0.704 bits per heavy atom. The Bertz CT molecular complexity index is 6560. The lowest BCUT2D eigenvalue weighted by Crippen LogP contribution is -2.59. The maximum absolute atomic E-state index is 13.5. The van der Waals surface area contributed by atoms with Gasteiger partial charge in [0.2, 0.25) is 0 Å². The predicted molar refractivity (Wildman–Crippen MR) is 526 cm³/mol. The number of carboxylic acids is 4. The van der Waals surface area contributed by atoms with Crippen molar-refractivity contribution in [2.45, 2.75) is 157 Å². The second-order valence-corrected chi connectivity index (χ2v) is 40.2. The first-order chi connectivity index (χ1) is 64.3. The maximum Gasteiger partial charge on any atom is 0.311 e. The number of rotatable bonds is 27. The quantitative estimate of drug-likeness (QED) is 0.0237. The number of nitrogens with zero attached hydrogens (tertiary/aromatic N) is 4. The predicted octanol–water partition coefficient (Wildman–Crippen LogP) is 22.1. The topological polar surface area (TPSA) is 322 Å². The Balaban J connectivity index is 0.000000137. The fourth-order valence-corrected chi connectivity index (χ4v) is 20.9. The highest BCUT2D eigenvalue weighted by Gasteiger charge is 2.47. The molecule has 0 spiro atoms. The van der Waals surface area contributed by atoms with Crippen LogP contribution in [0.4, 0.5) is 0 Å². The van der Waals surface area contributed by atoms with Crippen LogP contribution >= 0.6 is 81.2 Å². The number of nitrogens with one attached hydrogen (secondary N) is 4. The molecule has 31 heteroatoms. The lowest BCUT2D eigenvalue weighted by Gasteiger charge is -2.43. The molecule has 8 N–H and O–H groups in total. The third-order valence-electron chi connectivity index (χ3n) is 28.1. The molecule has 0 bridgehead atoms. The zero-order valence-corrected chi connectivity index (χ0v) is 81.8. The fraction of sp³-hybridized carbons (Fsp3) is 0.385. The summed E-state index contributed by atoms with van der Waals surface area (Å²) in [4.78, 5) is 101. The largest absolute Gasteiger partial charge is 0.495 e. The molecule has 8 aromatic carbocycles. The molecule has 24 nitrogen and oxygen atoms in total. The first-order valence-electron chi connectivity index (χ1n) is 45.3. The van der Waals surface area contributed by atoms with Crippen LogP contribution in [0, 0.1) is 30.6 Å². The molecule has 135 heavy (non-hydrogen) atoms. The van der Waals surface area contributed by atoms with E-state index in [1.807, 2.05) is 185 Å². The van der Waals surface area contributed by atoms with Gasteiger partial charge in [-0.1, -0.05) is 225 Å². The van der Waals surface area contributed by atoms with Crippen LogP contribution in [0.1, 0.15) is 220 Å². The van der Waals surface area contributed by atoms with Crippen molar-refractivity contribution in [3.8, 4) is 5.75 Å². The van der Waals surface area contributed by atoms with Crippen molar-refractivity contribution in [3.05, 3.63) is 272 Å². The number of amides is 4. The van der Waals surface area contributed by atoms with Crippen molar-refractivity contribution in [1.29, 1.82) is 0 Å². The van der Waals surface area contributed by atoms with Gasteiger partial charge in [0.1, 0.15) is 44.6 Å². The van der Waals surface area contributed by atoms with Crippen molar-refractivity contribution < 1.29 is 77.7 Å². The van der Waals surface area contributed by atoms with Gasteiger partial charge in [-0.15, -0.1) is 0 Å². The SMILES string of the molecule is CC(C)CC(C(=O)O)c1ccc(C2(NC(=O)c3cc4c(Cl)c(Cl)ccc4n3C)COC2)cc1.COc1cc2c(cc(C(=O)NC3(c4ccc(C(CC(C)C)C(=O)O)cc4)COC3)n2C)c(Cl)c1Cl.Cc1ccc2c(cc(C(=O)NC3(c4ccc(C(C(=O)O)C5CCC5)cc4)CCOC3)n2C)c1Cl.Cn1c(C(=O)NC2(c3ccc(C(C(=O)O)C4CCC4)cc3)CCC2)cc2c(Cl)c(Cl)ccc21. The number of carbonyl (C=O) groups is 8. The van der Waals surface area contributed by atoms with Gasteiger partial charge in [-0.3, -0.25) is 38.4 Å². The lowest BCUT2D eigenvalue weighted by atomic mass is 9.70. The molecule has 3 aliphatic carbocycles. The standard InChI is InChI=1S/C27H29ClN2O4.C26H28Cl2N2O5.C26H26Cl2N2O3.C25H26Cl2N2O4/c1-16-6-11-21-20(24(16)28)14-22(30(21)2)25(31)29-27(12-13-34-15-27)19-9-7-18(8-10-19)23(26(32)33)17-4-3-5-17;1-14(2)9-17(25(32)33)15-5-7-16(8-6-15)26(12-35-13-26)29-24(31)20-10-18-19(30(20)3)11-21(34-4)23(28)22(18)27;1-30-20-11-10-19(27)23(28)18(20)14-21(30)24(31)29-26(12-3-13-26)17-8-6-16(7-9-17)22(25(32)33)15-4-2-5-15;1-14(2)10-17(24(31)32)15-4-6-16(7-5-15)25(12-33-13-25)28-23(30)21-11-18-20(29(21)3)9-8-19(26)22(18)27/h6-11,14,17,23H,3-5,12-13,15H2,1-2H3,(H,29,31)(H,32,33);5-8,10-11,14,17H,9,12-13H2,1-4H3,(H,29,31)(H,32,33);6-11,14-15,22H,2-5,12-13H2,1H3,(H,29,31)(H,32,33);4-9,11,14,17H,10,12-13H2,1-3H3,(H,28,30)(H,31,32). The molecule has 6 fully saturated rings. The van der Waals surface area contributed by atoms with Crippen LogP contribution in [-0.4, -0.2) is 133 Å². The lowest BCUT2D eigenvalue weighted by molar-refractivity contribution is -0.142. The van der Waals surface area contributed by atoms with Crippen LogP contribution in [-0.2, 0) is 83.7 Å². The maximum atomic E-state index is 13.5. The summed E-state index contributed by atoms with van der Waals surface area (Å²) in [5.74, 6) is -4.78. The number of carbonyl (C=O) groups excluding carboxylic acids is 4. The van der Waals surface area contributed by atoms with Gasteiger partial charge in [0.25, 0.3) is 23.6 Å². The second-order valence-electron chi connectivity index (χ2n) is 37.5. The molecule has 3 aliphatic heterocycles. The summed E-state index contributed by atoms with van der Waals surface area (Å²) in [7, 11) is 8.80. The Morgan fingerprint density at radius 3 is 1.01 bits per heavy atom.